The van der Waals surface area contributed by atoms with Crippen molar-refractivity contribution in [1.82, 2.24) is 10.2 Å². The Morgan fingerprint density at radius 1 is 1.33 bits per heavy atom. The summed E-state index contributed by atoms with van der Waals surface area (Å²) < 4.78 is 5.05. The lowest BCUT2D eigenvalue weighted by Gasteiger charge is -2.33. The molecule has 1 aromatic rings. The first-order chi connectivity index (χ1) is 11.6. The highest BCUT2D eigenvalue weighted by Gasteiger charge is 2.33. The van der Waals surface area contributed by atoms with Crippen LogP contribution in [-0.4, -0.2) is 55.0 Å². The fourth-order valence-corrected chi connectivity index (χ4v) is 2.51. The second-order valence-corrected chi connectivity index (χ2v) is 5.62. The first-order valence-corrected chi connectivity index (χ1v) is 8.12. The molecule has 1 atom stereocenters. The molecule has 2 rings (SSSR count). The summed E-state index contributed by atoms with van der Waals surface area (Å²) in [5.41, 5.74) is 0.697. The van der Waals surface area contributed by atoms with E-state index in [1.54, 1.807) is 17.0 Å². The van der Waals surface area contributed by atoms with E-state index in [0.29, 0.717) is 25.4 Å². The summed E-state index contributed by atoms with van der Waals surface area (Å²) in [5, 5.41) is 5.51. The van der Waals surface area contributed by atoms with Crippen molar-refractivity contribution in [2.75, 3.05) is 31.6 Å². The SMILES string of the molecule is CCCOC(=O)CC1C(=O)NCCN1CC(=O)Nc1ccccc1. The molecule has 130 valence electrons. The molecule has 0 aliphatic carbocycles. The van der Waals surface area contributed by atoms with E-state index in [1.807, 2.05) is 25.1 Å². The number of hydrogen-bond donors (Lipinski definition) is 2. The van der Waals surface area contributed by atoms with Gasteiger partial charge >= 0.3 is 5.97 Å². The summed E-state index contributed by atoms with van der Waals surface area (Å²) in [6.07, 6.45) is 0.677. The second-order valence-electron chi connectivity index (χ2n) is 5.62. The minimum atomic E-state index is -0.676. The predicted molar refractivity (Wildman–Crippen MR) is 89.3 cm³/mol. The van der Waals surface area contributed by atoms with E-state index in [-0.39, 0.29) is 24.8 Å². The van der Waals surface area contributed by atoms with Gasteiger partial charge in [-0.25, -0.2) is 0 Å². The van der Waals surface area contributed by atoms with Crippen LogP contribution in [0.3, 0.4) is 0 Å². The average molecular weight is 333 g/mol. The van der Waals surface area contributed by atoms with Gasteiger partial charge < -0.3 is 15.4 Å². The third kappa shape index (κ3) is 5.34. The number of para-hydroxylation sites is 1. The van der Waals surface area contributed by atoms with Gasteiger partial charge in [0.15, 0.2) is 0 Å². The summed E-state index contributed by atoms with van der Waals surface area (Å²) in [5.74, 6) is -0.891. The zero-order valence-electron chi connectivity index (χ0n) is 13.8. The zero-order chi connectivity index (χ0) is 17.4. The molecule has 0 aromatic heterocycles. The van der Waals surface area contributed by atoms with Crippen molar-refractivity contribution in [1.29, 1.82) is 0 Å². The number of carbonyl (C=O) groups is 3. The number of ether oxygens (including phenoxy) is 1. The molecule has 2 N–H and O–H groups in total. The molecule has 0 radical (unpaired) electrons. The Hall–Kier alpha value is -2.41. The second kappa shape index (κ2) is 9.02. The first kappa shape index (κ1) is 17.9. The molecule has 1 fully saturated rings. The maximum Gasteiger partial charge on any atom is 0.307 e. The van der Waals surface area contributed by atoms with Gasteiger partial charge in [-0.1, -0.05) is 25.1 Å². The fraction of sp³-hybridized carbons (Fsp3) is 0.471. The third-order valence-electron chi connectivity index (χ3n) is 3.67. The number of benzene rings is 1. The Kier molecular flexibility index (Phi) is 6.74. The smallest absolute Gasteiger partial charge is 0.307 e. The van der Waals surface area contributed by atoms with Crippen LogP contribution in [0.15, 0.2) is 30.3 Å². The lowest BCUT2D eigenvalue weighted by atomic mass is 10.1. The van der Waals surface area contributed by atoms with E-state index in [1.165, 1.54) is 0 Å². The highest BCUT2D eigenvalue weighted by Crippen LogP contribution is 2.11. The van der Waals surface area contributed by atoms with Crippen LogP contribution < -0.4 is 10.6 Å². The van der Waals surface area contributed by atoms with Gasteiger partial charge in [0.25, 0.3) is 0 Å². The number of hydrogen-bond acceptors (Lipinski definition) is 5. The van der Waals surface area contributed by atoms with Gasteiger partial charge in [0.2, 0.25) is 11.8 Å². The van der Waals surface area contributed by atoms with Crippen LogP contribution in [0.2, 0.25) is 0 Å². The molecule has 1 aromatic carbocycles. The van der Waals surface area contributed by atoms with E-state index in [0.717, 1.165) is 6.42 Å². The van der Waals surface area contributed by atoms with Crippen LogP contribution in [0.1, 0.15) is 19.8 Å². The van der Waals surface area contributed by atoms with E-state index >= 15 is 0 Å². The van der Waals surface area contributed by atoms with Gasteiger partial charge in [-0.15, -0.1) is 0 Å². The van der Waals surface area contributed by atoms with Crippen LogP contribution in [-0.2, 0) is 19.1 Å². The standard InChI is InChI=1S/C17H23N3O4/c1-2-10-24-16(22)11-14-17(23)18-8-9-20(14)12-15(21)19-13-6-4-3-5-7-13/h3-7,14H,2,8-12H2,1H3,(H,18,23)(H,19,21). The molecule has 1 heterocycles. The molecule has 1 aliphatic rings. The van der Waals surface area contributed by atoms with Crippen molar-refractivity contribution in [3.8, 4) is 0 Å². The van der Waals surface area contributed by atoms with Crippen LogP contribution in [0, 0.1) is 0 Å². The minimum Gasteiger partial charge on any atom is -0.466 e. The number of esters is 1. The monoisotopic (exact) mass is 333 g/mol. The molecule has 24 heavy (non-hydrogen) atoms. The zero-order valence-corrected chi connectivity index (χ0v) is 13.8. The topological polar surface area (TPSA) is 87.7 Å². The lowest BCUT2D eigenvalue weighted by molar-refractivity contribution is -0.148. The number of nitrogens with zero attached hydrogens (tertiary/aromatic N) is 1. The first-order valence-electron chi connectivity index (χ1n) is 8.12. The van der Waals surface area contributed by atoms with Crippen molar-refractivity contribution >= 4 is 23.5 Å². The Morgan fingerprint density at radius 3 is 2.79 bits per heavy atom. The molecule has 1 saturated heterocycles. The van der Waals surface area contributed by atoms with E-state index in [9.17, 15) is 14.4 Å². The van der Waals surface area contributed by atoms with Crippen molar-refractivity contribution in [2.45, 2.75) is 25.8 Å². The Balaban J connectivity index is 1.93. The van der Waals surface area contributed by atoms with Crippen molar-refractivity contribution < 1.29 is 19.1 Å². The number of carbonyl (C=O) groups excluding carboxylic acids is 3. The molecule has 1 unspecified atom stereocenters. The van der Waals surface area contributed by atoms with Gasteiger partial charge in [-0.2, -0.15) is 0 Å². The molecule has 7 heteroatoms. The molecule has 1 aliphatic heterocycles. The minimum absolute atomic E-state index is 0.0496. The Labute approximate surface area is 141 Å². The summed E-state index contributed by atoms with van der Waals surface area (Å²) in [6.45, 7) is 3.26. The van der Waals surface area contributed by atoms with Gasteiger partial charge in [0.1, 0.15) is 6.04 Å². The van der Waals surface area contributed by atoms with Crippen LogP contribution in [0.25, 0.3) is 0 Å². The van der Waals surface area contributed by atoms with Crippen molar-refractivity contribution in [3.05, 3.63) is 30.3 Å². The predicted octanol–water partition coefficient (Wildman–Crippen LogP) is 0.769. The van der Waals surface area contributed by atoms with Gasteiger partial charge in [-0.05, 0) is 18.6 Å². The van der Waals surface area contributed by atoms with Crippen LogP contribution in [0.4, 0.5) is 5.69 Å². The van der Waals surface area contributed by atoms with Crippen molar-refractivity contribution in [2.24, 2.45) is 0 Å². The quantitative estimate of drug-likeness (QED) is 0.720. The van der Waals surface area contributed by atoms with E-state index < -0.39 is 12.0 Å². The molecular formula is C17H23N3O4. The summed E-state index contributed by atoms with van der Waals surface area (Å²) in [6, 6.07) is 8.43. The van der Waals surface area contributed by atoms with E-state index in [4.69, 9.17) is 4.74 Å². The number of piperazine rings is 1. The van der Waals surface area contributed by atoms with Crippen LogP contribution >= 0.6 is 0 Å². The summed E-state index contributed by atoms with van der Waals surface area (Å²) >= 11 is 0. The molecular weight excluding hydrogens is 310 g/mol. The van der Waals surface area contributed by atoms with Gasteiger partial charge in [0.05, 0.1) is 19.6 Å². The highest BCUT2D eigenvalue weighted by molar-refractivity contribution is 5.93. The highest BCUT2D eigenvalue weighted by atomic mass is 16.5. The van der Waals surface area contributed by atoms with Gasteiger partial charge in [0, 0.05) is 18.8 Å². The molecule has 7 nitrogen and oxygen atoms in total. The number of nitrogens with one attached hydrogen (secondary N) is 2. The largest absolute Gasteiger partial charge is 0.466 e. The molecule has 0 spiro atoms. The van der Waals surface area contributed by atoms with E-state index in [2.05, 4.69) is 10.6 Å². The van der Waals surface area contributed by atoms with Crippen LogP contribution in [0.5, 0.6) is 0 Å². The van der Waals surface area contributed by atoms with Crippen molar-refractivity contribution in [3.63, 3.8) is 0 Å². The Bertz CT molecular complexity index is 576. The lowest BCUT2D eigenvalue weighted by Crippen LogP contribution is -2.57. The third-order valence-corrected chi connectivity index (χ3v) is 3.67. The maximum atomic E-state index is 12.2. The summed E-state index contributed by atoms with van der Waals surface area (Å²) in [7, 11) is 0. The Morgan fingerprint density at radius 2 is 2.08 bits per heavy atom. The fourth-order valence-electron chi connectivity index (χ4n) is 2.51. The number of anilines is 1. The molecule has 0 bridgehead atoms. The summed E-state index contributed by atoms with van der Waals surface area (Å²) in [4.78, 5) is 37.8. The molecule has 0 saturated carbocycles. The normalized spacial score (nSPS) is 17.9. The van der Waals surface area contributed by atoms with Gasteiger partial charge in [-0.3, -0.25) is 19.3 Å². The average Bonchev–Trinajstić information content (AvgIpc) is 2.57. The maximum absolute atomic E-state index is 12.2. The molecule has 2 amide bonds. The number of rotatable bonds is 7. The number of amides is 2.